The third-order valence-electron chi connectivity index (χ3n) is 5.22. The molecule has 2 aliphatic rings. The van der Waals surface area contributed by atoms with E-state index < -0.39 is 44.4 Å². The van der Waals surface area contributed by atoms with Gasteiger partial charge in [-0.25, -0.2) is 21.6 Å². The molecule has 9 nitrogen and oxygen atoms in total. The van der Waals surface area contributed by atoms with Crippen molar-refractivity contribution in [3.8, 4) is 0 Å². The van der Waals surface area contributed by atoms with E-state index in [9.17, 15) is 26.4 Å². The highest BCUT2D eigenvalue weighted by Crippen LogP contribution is 2.21. The maximum atomic E-state index is 12.8. The lowest BCUT2D eigenvalue weighted by Crippen LogP contribution is -2.38. The Labute approximate surface area is 176 Å². The number of carbonyl (C=O) groups excluding carboxylic acids is 2. The number of hydrogen-bond acceptors (Lipinski definition) is 7. The standard InChI is InChI=1S/C19H26N2O7S2/c22-18(20-16-9-12-29(24,25)14-16)13-28-19(23)15-5-7-17(8-6-15)30(26,27)21-10-3-1-2-4-11-21/h5-8,16H,1-4,9-14H2,(H,20,22). The fraction of sp³-hybridized carbons (Fsp3) is 0.579. The molecule has 2 heterocycles. The molecule has 1 aromatic carbocycles. The molecule has 1 amide bonds. The van der Waals surface area contributed by atoms with Gasteiger partial charge in [0.15, 0.2) is 16.4 Å². The molecule has 3 rings (SSSR count). The second-order valence-corrected chi connectivity index (χ2v) is 11.8. The molecule has 0 radical (unpaired) electrons. The number of ether oxygens (including phenoxy) is 1. The van der Waals surface area contributed by atoms with Crippen molar-refractivity contribution in [3.63, 3.8) is 0 Å². The number of amides is 1. The van der Waals surface area contributed by atoms with Crippen molar-refractivity contribution in [3.05, 3.63) is 29.8 Å². The number of carbonyl (C=O) groups is 2. The smallest absolute Gasteiger partial charge is 0.338 e. The van der Waals surface area contributed by atoms with E-state index in [-0.39, 0.29) is 22.0 Å². The van der Waals surface area contributed by atoms with Crippen molar-refractivity contribution in [1.82, 2.24) is 9.62 Å². The van der Waals surface area contributed by atoms with Crippen molar-refractivity contribution in [2.24, 2.45) is 0 Å². The molecule has 30 heavy (non-hydrogen) atoms. The van der Waals surface area contributed by atoms with E-state index in [1.807, 2.05) is 0 Å². The van der Waals surface area contributed by atoms with Crippen LogP contribution in [0.1, 0.15) is 42.5 Å². The van der Waals surface area contributed by atoms with Gasteiger partial charge in [0, 0.05) is 19.1 Å². The average Bonchev–Trinajstić information content (AvgIpc) is 2.90. The predicted octanol–water partition coefficient (Wildman–Crippen LogP) is 0.711. The Bertz CT molecular complexity index is 980. The Morgan fingerprint density at radius 2 is 1.70 bits per heavy atom. The topological polar surface area (TPSA) is 127 Å². The summed E-state index contributed by atoms with van der Waals surface area (Å²) >= 11 is 0. The summed E-state index contributed by atoms with van der Waals surface area (Å²) in [5, 5.41) is 2.53. The number of sulfonamides is 1. The van der Waals surface area contributed by atoms with Crippen molar-refractivity contribution < 1.29 is 31.2 Å². The van der Waals surface area contributed by atoms with Crippen LogP contribution in [0.5, 0.6) is 0 Å². The van der Waals surface area contributed by atoms with E-state index in [4.69, 9.17) is 4.74 Å². The molecule has 0 bridgehead atoms. The minimum Gasteiger partial charge on any atom is -0.452 e. The first kappa shape index (κ1) is 22.7. The van der Waals surface area contributed by atoms with E-state index in [2.05, 4.69) is 5.32 Å². The Balaban J connectivity index is 1.54. The molecular formula is C19H26N2O7S2. The highest BCUT2D eigenvalue weighted by molar-refractivity contribution is 7.91. The van der Waals surface area contributed by atoms with Crippen molar-refractivity contribution >= 4 is 31.7 Å². The van der Waals surface area contributed by atoms with E-state index in [1.54, 1.807) is 0 Å². The molecule has 11 heteroatoms. The number of sulfone groups is 1. The number of esters is 1. The minimum absolute atomic E-state index is 0.0322. The molecule has 1 unspecified atom stereocenters. The van der Waals surface area contributed by atoms with Gasteiger partial charge in [-0.3, -0.25) is 4.79 Å². The van der Waals surface area contributed by atoms with Gasteiger partial charge < -0.3 is 10.1 Å². The summed E-state index contributed by atoms with van der Waals surface area (Å²) in [6, 6.07) is 4.97. The number of rotatable bonds is 6. The normalized spacial score (nSPS) is 22.2. The number of benzene rings is 1. The van der Waals surface area contributed by atoms with Crippen LogP contribution < -0.4 is 5.32 Å². The van der Waals surface area contributed by atoms with Gasteiger partial charge >= 0.3 is 5.97 Å². The molecule has 0 aromatic heterocycles. The van der Waals surface area contributed by atoms with Crippen molar-refractivity contribution in [2.75, 3.05) is 31.2 Å². The molecular weight excluding hydrogens is 432 g/mol. The molecule has 0 aliphatic carbocycles. The summed E-state index contributed by atoms with van der Waals surface area (Å²) in [5.74, 6) is -1.42. The van der Waals surface area contributed by atoms with Crippen molar-refractivity contribution in [2.45, 2.75) is 43.0 Å². The summed E-state index contributed by atoms with van der Waals surface area (Å²) in [6.45, 7) is 0.441. The molecule has 0 saturated carbocycles. The fourth-order valence-corrected chi connectivity index (χ4v) is 6.78. The van der Waals surface area contributed by atoms with Crippen LogP contribution in [0.4, 0.5) is 0 Å². The highest BCUT2D eigenvalue weighted by Gasteiger charge is 2.29. The molecule has 2 aliphatic heterocycles. The molecule has 1 aromatic rings. The minimum atomic E-state index is -3.61. The lowest BCUT2D eigenvalue weighted by molar-refractivity contribution is -0.124. The predicted molar refractivity (Wildman–Crippen MR) is 109 cm³/mol. The molecule has 166 valence electrons. The summed E-state index contributed by atoms with van der Waals surface area (Å²) in [4.78, 5) is 24.1. The maximum Gasteiger partial charge on any atom is 0.338 e. The van der Waals surface area contributed by atoms with Gasteiger partial charge in [0.25, 0.3) is 5.91 Å². The second kappa shape index (κ2) is 9.44. The van der Waals surface area contributed by atoms with Crippen LogP contribution in [0.2, 0.25) is 0 Å². The summed E-state index contributed by atoms with van der Waals surface area (Å²) in [6.07, 6.45) is 4.04. The zero-order chi connectivity index (χ0) is 21.8. The third-order valence-corrected chi connectivity index (χ3v) is 8.91. The van der Waals surface area contributed by atoms with Crippen LogP contribution in [-0.4, -0.2) is 70.3 Å². The van der Waals surface area contributed by atoms with Gasteiger partial charge in [0.2, 0.25) is 10.0 Å². The number of nitrogens with zero attached hydrogens (tertiary/aromatic N) is 1. The van der Waals surface area contributed by atoms with Gasteiger partial charge in [-0.2, -0.15) is 4.31 Å². The molecule has 0 spiro atoms. The van der Waals surface area contributed by atoms with Crippen LogP contribution in [0.3, 0.4) is 0 Å². The summed E-state index contributed by atoms with van der Waals surface area (Å²) in [5.41, 5.74) is 0.126. The Kier molecular flexibility index (Phi) is 7.14. The molecule has 1 N–H and O–H groups in total. The largest absolute Gasteiger partial charge is 0.452 e. The summed E-state index contributed by atoms with van der Waals surface area (Å²) in [7, 11) is -6.73. The van der Waals surface area contributed by atoms with E-state index in [0.717, 1.165) is 25.7 Å². The lowest BCUT2D eigenvalue weighted by Gasteiger charge is -2.20. The van der Waals surface area contributed by atoms with Crippen LogP contribution in [0.15, 0.2) is 29.2 Å². The average molecular weight is 459 g/mol. The van der Waals surface area contributed by atoms with Crippen LogP contribution >= 0.6 is 0 Å². The van der Waals surface area contributed by atoms with Gasteiger partial charge in [-0.1, -0.05) is 12.8 Å². The Morgan fingerprint density at radius 3 is 2.27 bits per heavy atom. The molecule has 1 atom stereocenters. The quantitative estimate of drug-likeness (QED) is 0.622. The Hall–Kier alpha value is -1.98. The van der Waals surface area contributed by atoms with E-state index in [1.165, 1.54) is 28.6 Å². The zero-order valence-electron chi connectivity index (χ0n) is 16.6. The van der Waals surface area contributed by atoms with Gasteiger partial charge in [-0.15, -0.1) is 0 Å². The third kappa shape index (κ3) is 5.79. The lowest BCUT2D eigenvalue weighted by atomic mass is 10.2. The first-order valence-corrected chi connectivity index (χ1v) is 13.2. The molecule has 2 saturated heterocycles. The monoisotopic (exact) mass is 458 g/mol. The SMILES string of the molecule is O=C(COC(=O)c1ccc(S(=O)(=O)N2CCCCCC2)cc1)NC1CCS(=O)(=O)C1. The van der Waals surface area contributed by atoms with E-state index in [0.29, 0.717) is 19.5 Å². The van der Waals surface area contributed by atoms with Crippen LogP contribution in [-0.2, 0) is 29.4 Å². The first-order valence-electron chi connectivity index (χ1n) is 9.94. The highest BCUT2D eigenvalue weighted by atomic mass is 32.2. The maximum absolute atomic E-state index is 12.8. The van der Waals surface area contributed by atoms with Gasteiger partial charge in [0.05, 0.1) is 22.0 Å². The van der Waals surface area contributed by atoms with Gasteiger partial charge in [-0.05, 0) is 43.5 Å². The first-order chi connectivity index (χ1) is 14.2. The number of nitrogens with one attached hydrogen (secondary N) is 1. The summed E-state index contributed by atoms with van der Waals surface area (Å²) < 4.78 is 54.8. The van der Waals surface area contributed by atoms with E-state index >= 15 is 0 Å². The van der Waals surface area contributed by atoms with Crippen LogP contribution in [0.25, 0.3) is 0 Å². The van der Waals surface area contributed by atoms with Crippen LogP contribution in [0, 0.1) is 0 Å². The van der Waals surface area contributed by atoms with Gasteiger partial charge in [0.1, 0.15) is 0 Å². The number of hydrogen-bond donors (Lipinski definition) is 1. The Morgan fingerprint density at radius 1 is 1.07 bits per heavy atom. The zero-order valence-corrected chi connectivity index (χ0v) is 18.2. The fourth-order valence-electron chi connectivity index (χ4n) is 3.59. The molecule has 2 fully saturated rings. The van der Waals surface area contributed by atoms with Crippen molar-refractivity contribution in [1.29, 1.82) is 0 Å². The second-order valence-electron chi connectivity index (χ2n) is 7.59.